The number of hydrogen-bond donors (Lipinski definition) is 2. The van der Waals surface area contributed by atoms with Crippen LogP contribution < -0.4 is 5.32 Å². The van der Waals surface area contributed by atoms with Crippen molar-refractivity contribution in [2.24, 2.45) is 0 Å². The quantitative estimate of drug-likeness (QED) is 0.650. The fourth-order valence-electron chi connectivity index (χ4n) is 1.38. The zero-order valence-corrected chi connectivity index (χ0v) is 8.95. The highest BCUT2D eigenvalue weighted by atomic mass is 32.3. The number of aliphatic hydroxyl groups excluding tert-OH is 1. The van der Waals surface area contributed by atoms with Gasteiger partial charge >= 0.3 is 0 Å². The maximum absolute atomic E-state index is 9.70. The summed E-state index contributed by atoms with van der Waals surface area (Å²) in [6.07, 6.45) is 8.80. The Bertz CT molecular complexity index is 177. The number of aliphatic hydroxyl groups is 1. The minimum Gasteiger partial charge on any atom is -0.510 e. The summed E-state index contributed by atoms with van der Waals surface area (Å²) in [5.74, 6) is 0.551. The highest BCUT2D eigenvalue weighted by Crippen LogP contribution is 2.38. The highest BCUT2D eigenvalue weighted by Gasteiger charge is 2.18. The molecular weight excluding hydrogens is 170 g/mol. The summed E-state index contributed by atoms with van der Waals surface area (Å²) in [6.45, 7) is 1.04. The molecule has 0 aromatic heterocycles. The standard InChI is InChI=1S/C9H19NOS/c1-12(2,3)7-9(11)8-5-4-6-10-8/h7-8,10-11H,4-6H2,1-3H3/b9-7-/t8-/m0/s1. The van der Waals surface area contributed by atoms with Gasteiger partial charge in [-0.2, -0.15) is 0 Å². The second kappa shape index (κ2) is 3.71. The van der Waals surface area contributed by atoms with Crippen LogP contribution in [0.3, 0.4) is 0 Å². The van der Waals surface area contributed by atoms with E-state index in [9.17, 15) is 5.11 Å². The fourth-order valence-corrected chi connectivity index (χ4v) is 2.27. The molecule has 0 unspecified atom stereocenters. The number of rotatable bonds is 2. The van der Waals surface area contributed by atoms with E-state index in [0.717, 1.165) is 13.0 Å². The lowest BCUT2D eigenvalue weighted by Crippen LogP contribution is -2.23. The molecule has 1 fully saturated rings. The smallest absolute Gasteiger partial charge is 0.114 e. The van der Waals surface area contributed by atoms with Crippen LogP contribution in [-0.4, -0.2) is 36.5 Å². The van der Waals surface area contributed by atoms with Gasteiger partial charge in [0, 0.05) is 0 Å². The second-order valence-corrected chi connectivity index (χ2v) is 8.22. The molecule has 1 aliphatic heterocycles. The lowest BCUT2D eigenvalue weighted by Gasteiger charge is -2.22. The molecule has 1 rings (SSSR count). The SMILES string of the molecule is CS(C)(C)/C=C(\O)[C@@H]1CCCN1. The molecule has 0 bridgehead atoms. The van der Waals surface area contributed by atoms with Crippen LogP contribution in [0.1, 0.15) is 12.8 Å². The first kappa shape index (κ1) is 9.93. The Morgan fingerprint density at radius 1 is 1.50 bits per heavy atom. The fraction of sp³-hybridized carbons (Fsp3) is 0.778. The second-order valence-electron chi connectivity index (χ2n) is 4.12. The molecule has 12 heavy (non-hydrogen) atoms. The number of nitrogens with one attached hydrogen (secondary N) is 1. The summed E-state index contributed by atoms with van der Waals surface area (Å²) in [5.41, 5.74) is 0. The van der Waals surface area contributed by atoms with Crippen molar-refractivity contribution < 1.29 is 5.11 Å². The first-order valence-electron chi connectivity index (χ1n) is 4.31. The molecule has 0 aromatic rings. The normalized spacial score (nSPS) is 27.6. The van der Waals surface area contributed by atoms with Gasteiger partial charge in [-0.25, -0.2) is 10.0 Å². The molecule has 1 aliphatic rings. The summed E-state index contributed by atoms with van der Waals surface area (Å²) in [7, 11) is -0.713. The number of hydrogen-bond acceptors (Lipinski definition) is 2. The minimum atomic E-state index is -0.713. The molecule has 0 spiro atoms. The van der Waals surface area contributed by atoms with E-state index < -0.39 is 10.0 Å². The largest absolute Gasteiger partial charge is 0.510 e. The molecule has 72 valence electrons. The van der Waals surface area contributed by atoms with Gasteiger partial charge < -0.3 is 10.4 Å². The van der Waals surface area contributed by atoms with E-state index in [-0.39, 0.29) is 6.04 Å². The Hall–Kier alpha value is -0.150. The van der Waals surface area contributed by atoms with Crippen molar-refractivity contribution in [3.8, 4) is 0 Å². The van der Waals surface area contributed by atoms with Gasteiger partial charge in [-0.3, -0.25) is 0 Å². The van der Waals surface area contributed by atoms with Crippen LogP contribution in [0, 0.1) is 0 Å². The van der Waals surface area contributed by atoms with Crippen molar-refractivity contribution in [1.29, 1.82) is 0 Å². The average molecular weight is 189 g/mol. The van der Waals surface area contributed by atoms with Gasteiger partial charge in [0.25, 0.3) is 0 Å². The molecule has 0 amide bonds. The zero-order chi connectivity index (χ0) is 9.19. The maximum atomic E-state index is 9.70. The van der Waals surface area contributed by atoms with Gasteiger partial charge in [0.2, 0.25) is 0 Å². The highest BCUT2D eigenvalue weighted by molar-refractivity contribution is 8.34. The van der Waals surface area contributed by atoms with Crippen LogP contribution in [0.5, 0.6) is 0 Å². The van der Waals surface area contributed by atoms with E-state index in [1.54, 1.807) is 0 Å². The molecule has 3 heteroatoms. The van der Waals surface area contributed by atoms with Crippen LogP contribution in [0.25, 0.3) is 0 Å². The first-order chi connectivity index (χ1) is 5.49. The van der Waals surface area contributed by atoms with Crippen LogP contribution in [0.15, 0.2) is 11.2 Å². The van der Waals surface area contributed by atoms with Crippen molar-refractivity contribution in [3.05, 3.63) is 11.2 Å². The van der Waals surface area contributed by atoms with Gasteiger partial charge in [-0.05, 0) is 43.6 Å². The lowest BCUT2D eigenvalue weighted by molar-refractivity contribution is 0.356. The van der Waals surface area contributed by atoms with Crippen LogP contribution in [0.2, 0.25) is 0 Å². The summed E-state index contributed by atoms with van der Waals surface area (Å²) in [5, 5.41) is 15.0. The molecule has 0 aromatic carbocycles. The van der Waals surface area contributed by atoms with Crippen molar-refractivity contribution in [1.82, 2.24) is 5.32 Å². The van der Waals surface area contributed by atoms with Crippen molar-refractivity contribution in [3.63, 3.8) is 0 Å². The average Bonchev–Trinajstić information content (AvgIpc) is 2.32. The van der Waals surface area contributed by atoms with Crippen molar-refractivity contribution in [2.45, 2.75) is 18.9 Å². The topological polar surface area (TPSA) is 32.3 Å². The van der Waals surface area contributed by atoms with Gasteiger partial charge in [-0.1, -0.05) is 0 Å². The summed E-state index contributed by atoms with van der Waals surface area (Å²) >= 11 is 0. The van der Waals surface area contributed by atoms with Crippen molar-refractivity contribution >= 4 is 10.0 Å². The Balaban J connectivity index is 2.56. The molecule has 1 saturated heterocycles. The Kier molecular flexibility index (Phi) is 3.07. The Labute approximate surface area is 76.4 Å². The first-order valence-corrected chi connectivity index (χ1v) is 7.23. The molecular formula is C9H19NOS. The summed E-state index contributed by atoms with van der Waals surface area (Å²) in [6, 6.07) is 0.233. The zero-order valence-electron chi connectivity index (χ0n) is 8.13. The molecule has 2 nitrogen and oxygen atoms in total. The summed E-state index contributed by atoms with van der Waals surface area (Å²) in [4.78, 5) is 0. The molecule has 0 aliphatic carbocycles. The maximum Gasteiger partial charge on any atom is 0.114 e. The van der Waals surface area contributed by atoms with Crippen LogP contribution in [0.4, 0.5) is 0 Å². The third-order valence-corrected chi connectivity index (χ3v) is 2.84. The van der Waals surface area contributed by atoms with E-state index in [4.69, 9.17) is 0 Å². The molecule has 1 atom stereocenters. The molecule has 1 heterocycles. The predicted octanol–water partition coefficient (Wildman–Crippen LogP) is 1.83. The van der Waals surface area contributed by atoms with Crippen molar-refractivity contribution in [2.75, 3.05) is 25.3 Å². The van der Waals surface area contributed by atoms with E-state index >= 15 is 0 Å². The van der Waals surface area contributed by atoms with Gasteiger partial charge in [0.05, 0.1) is 6.04 Å². The van der Waals surface area contributed by atoms with Crippen LogP contribution >= 0.6 is 10.0 Å². The van der Waals surface area contributed by atoms with Gasteiger partial charge in [0.1, 0.15) is 5.76 Å². The van der Waals surface area contributed by atoms with Gasteiger partial charge in [0.15, 0.2) is 0 Å². The lowest BCUT2D eigenvalue weighted by atomic mass is 10.2. The molecule has 0 radical (unpaired) electrons. The van der Waals surface area contributed by atoms with E-state index in [0.29, 0.717) is 5.76 Å². The minimum absolute atomic E-state index is 0.233. The monoisotopic (exact) mass is 189 g/mol. The van der Waals surface area contributed by atoms with E-state index in [2.05, 4.69) is 24.1 Å². The summed E-state index contributed by atoms with van der Waals surface area (Å²) < 4.78 is 0. The predicted molar refractivity (Wildman–Crippen MR) is 57.1 cm³/mol. The molecule has 2 N–H and O–H groups in total. The third-order valence-electron chi connectivity index (χ3n) is 1.89. The van der Waals surface area contributed by atoms with E-state index in [1.165, 1.54) is 6.42 Å². The van der Waals surface area contributed by atoms with E-state index in [1.807, 2.05) is 5.41 Å². The van der Waals surface area contributed by atoms with Crippen LogP contribution in [-0.2, 0) is 0 Å². The Morgan fingerprint density at radius 2 is 2.17 bits per heavy atom. The van der Waals surface area contributed by atoms with Gasteiger partial charge in [-0.15, -0.1) is 0 Å². The molecule has 0 saturated carbocycles. The Morgan fingerprint density at radius 3 is 2.58 bits per heavy atom. The third kappa shape index (κ3) is 3.07.